The Morgan fingerprint density at radius 2 is 1.96 bits per heavy atom. The Bertz CT molecular complexity index is 584. The van der Waals surface area contributed by atoms with E-state index in [0.29, 0.717) is 17.6 Å². The molecule has 9 nitrogen and oxygen atoms in total. The van der Waals surface area contributed by atoms with Gasteiger partial charge in [0.1, 0.15) is 6.61 Å². The largest absolute Gasteiger partial charge is 0.466 e. The molecule has 2 N–H and O–H groups in total. The van der Waals surface area contributed by atoms with E-state index in [-0.39, 0.29) is 12.5 Å². The van der Waals surface area contributed by atoms with E-state index in [2.05, 4.69) is 10.6 Å². The molecule has 2 aliphatic rings. The first kappa shape index (κ1) is 17.6. The first-order valence-corrected chi connectivity index (χ1v) is 7.37. The molecule has 0 fully saturated rings. The van der Waals surface area contributed by atoms with E-state index in [9.17, 15) is 14.4 Å². The summed E-state index contributed by atoms with van der Waals surface area (Å²) in [6, 6.07) is 0. The van der Waals surface area contributed by atoms with E-state index >= 15 is 0 Å². The van der Waals surface area contributed by atoms with Crippen LogP contribution in [-0.2, 0) is 23.7 Å². The predicted molar refractivity (Wildman–Crippen MR) is 80.6 cm³/mol. The van der Waals surface area contributed by atoms with Crippen molar-refractivity contribution in [2.75, 3.05) is 27.8 Å². The number of carbonyl (C=O) groups is 3. The van der Waals surface area contributed by atoms with Crippen molar-refractivity contribution in [1.82, 2.24) is 10.6 Å². The van der Waals surface area contributed by atoms with E-state index in [1.807, 2.05) is 6.08 Å². The molecule has 0 aromatic carbocycles. The highest BCUT2D eigenvalue weighted by molar-refractivity contribution is 5.89. The lowest BCUT2D eigenvalue weighted by atomic mass is 9.83. The van der Waals surface area contributed by atoms with Crippen molar-refractivity contribution in [1.29, 1.82) is 0 Å². The molecule has 0 saturated carbocycles. The molecule has 0 aromatic rings. The summed E-state index contributed by atoms with van der Waals surface area (Å²) in [5, 5.41) is 4.69. The number of allylic oxidation sites excluding steroid dienone is 1. The maximum Gasteiger partial charge on any atom is 0.409 e. The number of amides is 2. The van der Waals surface area contributed by atoms with Gasteiger partial charge in [-0.05, 0) is 12.0 Å². The quantitative estimate of drug-likeness (QED) is 0.439. The van der Waals surface area contributed by atoms with Gasteiger partial charge in [0.15, 0.2) is 0 Å². The van der Waals surface area contributed by atoms with Crippen molar-refractivity contribution in [2.45, 2.75) is 12.7 Å². The topological polar surface area (TPSA) is 112 Å². The van der Waals surface area contributed by atoms with Crippen molar-refractivity contribution < 1.29 is 33.3 Å². The normalized spacial score (nSPS) is 24.5. The summed E-state index contributed by atoms with van der Waals surface area (Å²) in [7, 11) is 4.16. The van der Waals surface area contributed by atoms with Crippen molar-refractivity contribution in [3.05, 3.63) is 23.5 Å². The summed E-state index contributed by atoms with van der Waals surface area (Å²) in [4.78, 5) is 34.7. The van der Waals surface area contributed by atoms with Crippen molar-refractivity contribution in [3.63, 3.8) is 0 Å². The van der Waals surface area contributed by atoms with Crippen LogP contribution in [0.25, 0.3) is 0 Å². The van der Waals surface area contributed by atoms with Crippen LogP contribution in [0.2, 0.25) is 0 Å². The lowest BCUT2D eigenvalue weighted by Crippen LogP contribution is -2.40. The molecule has 1 heterocycles. The SMILES string of the molecule is CNC(=O)OCC1=CCC2C(C(=O)OC)=COC(OC(=O)NC)C12. The Morgan fingerprint density at radius 1 is 1.25 bits per heavy atom. The molecule has 1 aliphatic heterocycles. The average Bonchev–Trinajstić information content (AvgIpc) is 3.03. The van der Waals surface area contributed by atoms with Crippen LogP contribution in [0.5, 0.6) is 0 Å². The Balaban J connectivity index is 2.19. The number of rotatable bonds is 4. The van der Waals surface area contributed by atoms with Crippen LogP contribution in [0, 0.1) is 11.8 Å². The summed E-state index contributed by atoms with van der Waals surface area (Å²) < 4.78 is 20.5. The van der Waals surface area contributed by atoms with E-state index in [1.54, 1.807) is 0 Å². The summed E-state index contributed by atoms with van der Waals surface area (Å²) >= 11 is 0. The summed E-state index contributed by atoms with van der Waals surface area (Å²) in [5.74, 6) is -1.22. The van der Waals surface area contributed by atoms with Gasteiger partial charge in [0, 0.05) is 20.0 Å². The molecule has 0 bridgehead atoms. The number of methoxy groups -OCH3 is 1. The minimum absolute atomic E-state index is 0.00621. The third-order valence-corrected chi connectivity index (χ3v) is 3.94. The Morgan fingerprint density at radius 3 is 2.58 bits per heavy atom. The minimum atomic E-state index is -0.926. The van der Waals surface area contributed by atoms with Crippen LogP contribution in [0.1, 0.15) is 6.42 Å². The molecular formula is C15H20N2O7. The van der Waals surface area contributed by atoms with E-state index in [0.717, 1.165) is 0 Å². The number of ether oxygens (including phenoxy) is 4. The second kappa shape index (κ2) is 7.71. The van der Waals surface area contributed by atoms with Gasteiger partial charge >= 0.3 is 18.2 Å². The van der Waals surface area contributed by atoms with Gasteiger partial charge < -0.3 is 29.6 Å². The van der Waals surface area contributed by atoms with E-state index in [4.69, 9.17) is 18.9 Å². The van der Waals surface area contributed by atoms with Crippen LogP contribution >= 0.6 is 0 Å². The smallest absolute Gasteiger partial charge is 0.409 e. The number of alkyl carbamates (subject to hydrolysis) is 2. The highest BCUT2D eigenvalue weighted by Gasteiger charge is 2.46. The summed E-state index contributed by atoms with van der Waals surface area (Å²) in [6.45, 7) is 0.00621. The highest BCUT2D eigenvalue weighted by Crippen LogP contribution is 2.43. The van der Waals surface area contributed by atoms with Crippen LogP contribution in [0.15, 0.2) is 23.5 Å². The Labute approximate surface area is 138 Å². The van der Waals surface area contributed by atoms with Gasteiger partial charge in [0.05, 0.1) is 24.9 Å². The van der Waals surface area contributed by atoms with Gasteiger partial charge in [-0.25, -0.2) is 14.4 Å². The maximum atomic E-state index is 11.9. The van der Waals surface area contributed by atoms with Gasteiger partial charge in [-0.2, -0.15) is 0 Å². The van der Waals surface area contributed by atoms with Crippen LogP contribution in [0.3, 0.4) is 0 Å². The molecule has 3 atom stereocenters. The van der Waals surface area contributed by atoms with E-state index in [1.165, 1.54) is 27.5 Å². The molecule has 0 radical (unpaired) electrons. The lowest BCUT2D eigenvalue weighted by molar-refractivity contribution is -0.141. The zero-order chi connectivity index (χ0) is 17.7. The maximum absolute atomic E-state index is 11.9. The number of hydrogen-bond acceptors (Lipinski definition) is 7. The third-order valence-electron chi connectivity index (χ3n) is 3.94. The van der Waals surface area contributed by atoms with Crippen molar-refractivity contribution >= 4 is 18.2 Å². The molecule has 3 unspecified atom stereocenters. The summed E-state index contributed by atoms with van der Waals surface area (Å²) in [5.41, 5.74) is 1.07. The van der Waals surface area contributed by atoms with Gasteiger partial charge in [0.25, 0.3) is 6.29 Å². The molecule has 132 valence electrons. The molecule has 24 heavy (non-hydrogen) atoms. The molecule has 2 amide bonds. The van der Waals surface area contributed by atoms with Gasteiger partial charge in [-0.15, -0.1) is 0 Å². The van der Waals surface area contributed by atoms with Crippen LogP contribution < -0.4 is 10.6 Å². The van der Waals surface area contributed by atoms with Crippen LogP contribution in [-0.4, -0.2) is 52.3 Å². The van der Waals surface area contributed by atoms with Gasteiger partial charge in [-0.1, -0.05) is 6.08 Å². The molecule has 0 saturated heterocycles. The molecule has 0 spiro atoms. The fraction of sp³-hybridized carbons (Fsp3) is 0.533. The van der Waals surface area contributed by atoms with E-state index < -0.39 is 30.4 Å². The fourth-order valence-electron chi connectivity index (χ4n) is 2.78. The monoisotopic (exact) mass is 340 g/mol. The van der Waals surface area contributed by atoms with Gasteiger partial charge in [-0.3, -0.25) is 0 Å². The molecule has 0 aromatic heterocycles. The molecule has 9 heteroatoms. The highest BCUT2D eigenvalue weighted by atomic mass is 16.7. The Kier molecular flexibility index (Phi) is 5.67. The number of hydrogen-bond donors (Lipinski definition) is 2. The van der Waals surface area contributed by atoms with Crippen LogP contribution in [0.4, 0.5) is 9.59 Å². The van der Waals surface area contributed by atoms with Gasteiger partial charge in [0.2, 0.25) is 0 Å². The number of nitrogens with one attached hydrogen (secondary N) is 2. The lowest BCUT2D eigenvalue weighted by Gasteiger charge is -2.34. The second-order valence-corrected chi connectivity index (χ2v) is 5.20. The minimum Gasteiger partial charge on any atom is -0.466 e. The average molecular weight is 340 g/mol. The fourth-order valence-corrected chi connectivity index (χ4v) is 2.78. The standard InChI is InChI=1S/C15H20N2O7/c1-16-14(19)23-6-8-4-5-9-10(12(18)21-3)7-22-13(11(8)9)24-15(20)17-2/h4,7,9,11,13H,5-6H2,1-3H3,(H,16,19)(H,17,20). The number of carbonyl (C=O) groups excluding carboxylic acids is 3. The zero-order valence-electron chi connectivity index (χ0n) is 13.7. The third kappa shape index (κ3) is 3.61. The molecular weight excluding hydrogens is 320 g/mol. The number of esters is 1. The van der Waals surface area contributed by atoms with Crippen molar-refractivity contribution in [2.24, 2.45) is 11.8 Å². The first-order valence-electron chi connectivity index (χ1n) is 7.37. The summed E-state index contributed by atoms with van der Waals surface area (Å²) in [6.07, 6.45) is 1.47. The molecule has 2 rings (SSSR count). The predicted octanol–water partition coefficient (Wildman–Crippen LogP) is 0.674. The number of fused-ring (bicyclic) bond motifs is 1. The Hall–Kier alpha value is -2.71. The first-order chi connectivity index (χ1) is 11.5. The second-order valence-electron chi connectivity index (χ2n) is 5.20. The molecule has 1 aliphatic carbocycles. The zero-order valence-corrected chi connectivity index (χ0v) is 13.7. The van der Waals surface area contributed by atoms with Crippen molar-refractivity contribution in [3.8, 4) is 0 Å².